The summed E-state index contributed by atoms with van der Waals surface area (Å²) in [5, 5.41) is 12.9. The lowest BCUT2D eigenvalue weighted by Crippen LogP contribution is -2.44. The van der Waals surface area contributed by atoms with Gasteiger partial charge in [-0.05, 0) is 56.5 Å². The van der Waals surface area contributed by atoms with Crippen molar-refractivity contribution in [3.63, 3.8) is 0 Å². The monoisotopic (exact) mass is 278 g/mol. The normalized spacial score (nSPS) is 12.0. The summed E-state index contributed by atoms with van der Waals surface area (Å²) in [5.41, 5.74) is 3.53. The zero-order valence-electron chi connectivity index (χ0n) is 13.8. The van der Waals surface area contributed by atoms with E-state index in [1.165, 1.54) is 11.1 Å². The fourth-order valence-electron chi connectivity index (χ4n) is 2.04. The summed E-state index contributed by atoms with van der Waals surface area (Å²) in [4.78, 5) is 2.13. The molecule has 0 bridgehead atoms. The molecule has 3 nitrogen and oxygen atoms in total. The van der Waals surface area contributed by atoms with Gasteiger partial charge in [0.05, 0.1) is 12.1 Å². The van der Waals surface area contributed by atoms with E-state index in [0.29, 0.717) is 5.92 Å². The van der Waals surface area contributed by atoms with Gasteiger partial charge in [-0.1, -0.05) is 19.9 Å². The molecule has 0 unspecified atom stereocenters. The van der Waals surface area contributed by atoms with Crippen molar-refractivity contribution < 1.29 is 5.11 Å². The minimum absolute atomic E-state index is 0.139. The molecule has 0 heterocycles. The molecule has 0 fully saturated rings. The highest BCUT2D eigenvalue weighted by molar-refractivity contribution is 5.52. The molecular weight excluding hydrogens is 248 g/mol. The first-order chi connectivity index (χ1) is 9.27. The lowest BCUT2D eigenvalue weighted by atomic mass is 10.0. The first-order valence-corrected chi connectivity index (χ1v) is 7.43. The van der Waals surface area contributed by atoms with E-state index in [0.717, 1.165) is 18.8 Å². The molecule has 0 atom stereocenters. The van der Waals surface area contributed by atoms with Gasteiger partial charge in [-0.25, -0.2) is 0 Å². The second kappa shape index (κ2) is 7.09. The lowest BCUT2D eigenvalue weighted by Gasteiger charge is -2.36. The van der Waals surface area contributed by atoms with E-state index in [9.17, 15) is 5.11 Å². The number of likely N-dealkylation sites (N-methyl/N-ethyl adjacent to an activating group) is 1. The summed E-state index contributed by atoms with van der Waals surface area (Å²) in [6.45, 7) is 12.8. The number of aliphatic hydroxyl groups is 1. The number of anilines is 1. The highest BCUT2D eigenvalue weighted by Gasteiger charge is 2.22. The summed E-state index contributed by atoms with van der Waals surface area (Å²) < 4.78 is 0. The summed E-state index contributed by atoms with van der Waals surface area (Å²) in [6.07, 6.45) is 0. The number of hydrogen-bond donors (Lipinski definition) is 2. The van der Waals surface area contributed by atoms with Crippen molar-refractivity contribution in [2.45, 2.75) is 46.7 Å². The highest BCUT2D eigenvalue weighted by atomic mass is 16.3. The van der Waals surface area contributed by atoms with Crippen LogP contribution in [0.4, 0.5) is 5.69 Å². The van der Waals surface area contributed by atoms with Crippen LogP contribution in [0, 0.1) is 12.8 Å². The van der Waals surface area contributed by atoms with Crippen molar-refractivity contribution in [3.05, 3.63) is 29.3 Å². The van der Waals surface area contributed by atoms with Gasteiger partial charge >= 0.3 is 0 Å². The summed E-state index contributed by atoms with van der Waals surface area (Å²) in [6, 6.07) is 6.52. The Hall–Kier alpha value is -1.06. The molecule has 2 N–H and O–H groups in total. The molecule has 0 saturated carbocycles. The molecular formula is C17H30N2O. The Bertz CT molecular complexity index is 427. The number of hydrogen-bond acceptors (Lipinski definition) is 3. The molecule has 0 aromatic heterocycles. The maximum atomic E-state index is 9.47. The molecule has 20 heavy (non-hydrogen) atoms. The Labute approximate surface area is 124 Å². The van der Waals surface area contributed by atoms with Gasteiger partial charge in [0.25, 0.3) is 0 Å². The first kappa shape index (κ1) is 17.0. The Kier molecular flexibility index (Phi) is 6.03. The zero-order valence-corrected chi connectivity index (χ0v) is 13.8. The molecule has 1 rings (SSSR count). The molecule has 0 radical (unpaired) electrons. The highest BCUT2D eigenvalue weighted by Crippen LogP contribution is 2.24. The number of aliphatic hydroxyl groups excluding tert-OH is 1. The van der Waals surface area contributed by atoms with Crippen LogP contribution in [-0.2, 0) is 6.54 Å². The molecule has 114 valence electrons. The van der Waals surface area contributed by atoms with E-state index in [1.807, 2.05) is 20.9 Å². The van der Waals surface area contributed by atoms with E-state index in [1.54, 1.807) is 0 Å². The largest absolute Gasteiger partial charge is 0.394 e. The minimum atomic E-state index is -0.246. The maximum Gasteiger partial charge on any atom is 0.0658 e. The maximum absolute atomic E-state index is 9.47. The number of rotatable bonds is 7. The SMILES string of the molecule is Cc1cc(N(C)C(C)(C)CO)ccc1CNCC(C)C. The van der Waals surface area contributed by atoms with Gasteiger partial charge in [-0.2, -0.15) is 0 Å². The molecule has 0 saturated heterocycles. The van der Waals surface area contributed by atoms with Gasteiger partial charge in [0.1, 0.15) is 0 Å². The van der Waals surface area contributed by atoms with Crippen LogP contribution in [0.1, 0.15) is 38.8 Å². The molecule has 0 amide bonds. The standard InChI is InChI=1S/C17H30N2O/c1-13(2)10-18-11-15-7-8-16(9-14(15)3)19(6)17(4,5)12-20/h7-9,13,18,20H,10-12H2,1-6H3. The second-order valence-corrected chi connectivity index (χ2v) is 6.67. The van der Waals surface area contributed by atoms with Crippen LogP contribution in [-0.4, -0.2) is 30.8 Å². The van der Waals surface area contributed by atoms with E-state index in [-0.39, 0.29) is 12.1 Å². The third-order valence-corrected chi connectivity index (χ3v) is 3.88. The van der Waals surface area contributed by atoms with Gasteiger partial charge in [-0.3, -0.25) is 0 Å². The lowest BCUT2D eigenvalue weighted by molar-refractivity contribution is 0.216. The minimum Gasteiger partial charge on any atom is -0.394 e. The van der Waals surface area contributed by atoms with E-state index >= 15 is 0 Å². The Morgan fingerprint density at radius 2 is 1.95 bits per heavy atom. The fourth-order valence-corrected chi connectivity index (χ4v) is 2.04. The predicted molar refractivity (Wildman–Crippen MR) is 87.3 cm³/mol. The number of nitrogens with one attached hydrogen (secondary N) is 1. The Morgan fingerprint density at radius 3 is 2.45 bits per heavy atom. The Morgan fingerprint density at radius 1 is 1.30 bits per heavy atom. The topological polar surface area (TPSA) is 35.5 Å². The quantitative estimate of drug-likeness (QED) is 0.805. The molecule has 0 aliphatic heterocycles. The smallest absolute Gasteiger partial charge is 0.0658 e. The van der Waals surface area contributed by atoms with Crippen LogP contribution in [0.25, 0.3) is 0 Å². The Balaban J connectivity index is 2.77. The van der Waals surface area contributed by atoms with E-state index in [2.05, 4.69) is 49.2 Å². The van der Waals surface area contributed by atoms with Crippen molar-refractivity contribution in [2.75, 3.05) is 25.1 Å². The van der Waals surface area contributed by atoms with Crippen LogP contribution in [0.15, 0.2) is 18.2 Å². The van der Waals surface area contributed by atoms with Crippen LogP contribution < -0.4 is 10.2 Å². The molecule has 0 aliphatic carbocycles. The van der Waals surface area contributed by atoms with Crippen molar-refractivity contribution in [3.8, 4) is 0 Å². The third-order valence-electron chi connectivity index (χ3n) is 3.88. The average Bonchev–Trinajstić information content (AvgIpc) is 2.39. The molecule has 3 heteroatoms. The van der Waals surface area contributed by atoms with Crippen molar-refractivity contribution in [2.24, 2.45) is 5.92 Å². The number of benzene rings is 1. The average molecular weight is 278 g/mol. The second-order valence-electron chi connectivity index (χ2n) is 6.67. The van der Waals surface area contributed by atoms with Gasteiger partial charge in [0.2, 0.25) is 0 Å². The zero-order chi connectivity index (χ0) is 15.3. The van der Waals surface area contributed by atoms with E-state index in [4.69, 9.17) is 0 Å². The third kappa shape index (κ3) is 4.50. The predicted octanol–water partition coefficient (Wildman–Crippen LogP) is 2.95. The van der Waals surface area contributed by atoms with Crippen LogP contribution >= 0.6 is 0 Å². The van der Waals surface area contributed by atoms with Crippen LogP contribution in [0.5, 0.6) is 0 Å². The van der Waals surface area contributed by atoms with Crippen LogP contribution in [0.3, 0.4) is 0 Å². The van der Waals surface area contributed by atoms with Crippen molar-refractivity contribution >= 4 is 5.69 Å². The first-order valence-electron chi connectivity index (χ1n) is 7.43. The van der Waals surface area contributed by atoms with Gasteiger partial charge < -0.3 is 15.3 Å². The summed E-state index contributed by atoms with van der Waals surface area (Å²) in [5.74, 6) is 0.672. The molecule has 1 aromatic rings. The van der Waals surface area contributed by atoms with Gasteiger partial charge in [0.15, 0.2) is 0 Å². The van der Waals surface area contributed by atoms with Gasteiger partial charge in [-0.15, -0.1) is 0 Å². The van der Waals surface area contributed by atoms with Crippen LogP contribution in [0.2, 0.25) is 0 Å². The number of aryl methyl sites for hydroxylation is 1. The molecule has 1 aromatic carbocycles. The molecule has 0 spiro atoms. The van der Waals surface area contributed by atoms with Crippen molar-refractivity contribution in [1.29, 1.82) is 0 Å². The number of nitrogens with zero attached hydrogens (tertiary/aromatic N) is 1. The van der Waals surface area contributed by atoms with Gasteiger partial charge in [0, 0.05) is 19.3 Å². The van der Waals surface area contributed by atoms with Crippen molar-refractivity contribution in [1.82, 2.24) is 5.32 Å². The fraction of sp³-hybridized carbons (Fsp3) is 0.647. The van der Waals surface area contributed by atoms with E-state index < -0.39 is 0 Å². The summed E-state index contributed by atoms with van der Waals surface area (Å²) >= 11 is 0. The molecule has 0 aliphatic rings. The summed E-state index contributed by atoms with van der Waals surface area (Å²) in [7, 11) is 2.03.